The number of benzene rings is 1. The van der Waals surface area contributed by atoms with E-state index in [9.17, 15) is 18.0 Å². The zero-order chi connectivity index (χ0) is 12.9. The van der Waals surface area contributed by atoms with Crippen molar-refractivity contribution in [1.29, 1.82) is 5.26 Å². The van der Waals surface area contributed by atoms with Gasteiger partial charge in [0.2, 0.25) is 0 Å². The second-order valence-electron chi connectivity index (χ2n) is 3.17. The predicted octanol–water partition coefficient (Wildman–Crippen LogP) is 2.78. The number of hydrogen-bond donors (Lipinski definition) is 0. The van der Waals surface area contributed by atoms with Crippen molar-refractivity contribution in [3.63, 3.8) is 0 Å². The number of para-hydroxylation sites is 1. The molecule has 1 rings (SSSR count). The van der Waals surface area contributed by atoms with Crippen LogP contribution in [0.3, 0.4) is 0 Å². The van der Waals surface area contributed by atoms with E-state index in [1.807, 2.05) is 0 Å². The van der Waals surface area contributed by atoms with Gasteiger partial charge in [-0.05, 0) is 6.07 Å². The van der Waals surface area contributed by atoms with E-state index in [1.54, 1.807) is 6.07 Å². The fourth-order valence-electron chi connectivity index (χ4n) is 1.33. The number of ether oxygens (including phenoxy) is 1. The van der Waals surface area contributed by atoms with Crippen LogP contribution in [0.5, 0.6) is 5.75 Å². The molecule has 0 amide bonds. The molecular formula is C11H8F3NO2. The number of hydrogen-bond acceptors (Lipinski definition) is 3. The highest BCUT2D eigenvalue weighted by molar-refractivity contribution is 5.54. The summed E-state index contributed by atoms with van der Waals surface area (Å²) in [5.41, 5.74) is 0.0550. The third kappa shape index (κ3) is 3.79. The van der Waals surface area contributed by atoms with Crippen molar-refractivity contribution >= 4 is 6.29 Å². The van der Waals surface area contributed by atoms with Crippen molar-refractivity contribution in [3.8, 4) is 11.8 Å². The Morgan fingerprint density at radius 2 is 2.06 bits per heavy atom. The minimum atomic E-state index is -4.82. The molecule has 0 N–H and O–H groups in total. The van der Waals surface area contributed by atoms with Crippen molar-refractivity contribution in [2.24, 2.45) is 0 Å². The number of rotatable bonds is 4. The Hall–Kier alpha value is -2.03. The van der Waals surface area contributed by atoms with Crippen LogP contribution in [0.2, 0.25) is 0 Å². The molecular weight excluding hydrogens is 235 g/mol. The molecule has 0 fully saturated rings. The standard InChI is InChI=1S/C11H8F3NO2/c12-11(13,14)17-10-4-2-1-3-9(10)8(7-15)5-6-16/h1-4,6,8H,5H2. The number of carbonyl (C=O) groups is 1. The van der Waals surface area contributed by atoms with E-state index in [-0.39, 0.29) is 12.0 Å². The Balaban J connectivity index is 3.07. The Morgan fingerprint density at radius 1 is 1.41 bits per heavy atom. The van der Waals surface area contributed by atoms with Gasteiger partial charge in [0.25, 0.3) is 0 Å². The van der Waals surface area contributed by atoms with Gasteiger partial charge in [-0.15, -0.1) is 13.2 Å². The van der Waals surface area contributed by atoms with Gasteiger partial charge >= 0.3 is 6.36 Å². The molecule has 17 heavy (non-hydrogen) atoms. The molecule has 0 radical (unpaired) electrons. The molecule has 90 valence electrons. The van der Waals surface area contributed by atoms with Gasteiger partial charge < -0.3 is 9.53 Å². The van der Waals surface area contributed by atoms with Crippen molar-refractivity contribution < 1.29 is 22.7 Å². The predicted molar refractivity (Wildman–Crippen MR) is 52.2 cm³/mol. The molecule has 0 aromatic heterocycles. The number of alkyl halides is 3. The maximum absolute atomic E-state index is 12.1. The first-order valence-electron chi connectivity index (χ1n) is 4.66. The highest BCUT2D eigenvalue weighted by Gasteiger charge is 2.32. The van der Waals surface area contributed by atoms with Gasteiger partial charge in [-0.25, -0.2) is 0 Å². The Morgan fingerprint density at radius 3 is 2.59 bits per heavy atom. The van der Waals surface area contributed by atoms with E-state index in [0.717, 1.165) is 6.07 Å². The summed E-state index contributed by atoms with van der Waals surface area (Å²) in [6, 6.07) is 7.05. The van der Waals surface area contributed by atoms with E-state index in [2.05, 4.69) is 4.74 Å². The summed E-state index contributed by atoms with van der Waals surface area (Å²) in [6.07, 6.45) is -4.51. The number of carbonyl (C=O) groups excluding carboxylic acids is 1. The Kier molecular flexibility index (Phi) is 4.10. The van der Waals surface area contributed by atoms with E-state index in [4.69, 9.17) is 5.26 Å². The third-order valence-electron chi connectivity index (χ3n) is 2.01. The first-order chi connectivity index (χ1) is 7.98. The van der Waals surface area contributed by atoms with Gasteiger partial charge in [0, 0.05) is 12.0 Å². The van der Waals surface area contributed by atoms with Crippen molar-refractivity contribution in [3.05, 3.63) is 29.8 Å². The van der Waals surface area contributed by atoms with Crippen LogP contribution in [0.15, 0.2) is 24.3 Å². The summed E-state index contributed by atoms with van der Waals surface area (Å²) in [4.78, 5) is 10.3. The van der Waals surface area contributed by atoms with Crippen molar-refractivity contribution in [2.75, 3.05) is 0 Å². The molecule has 0 aliphatic rings. The molecule has 6 heteroatoms. The van der Waals surface area contributed by atoms with Crippen LogP contribution in [0.1, 0.15) is 17.9 Å². The normalized spacial score (nSPS) is 12.6. The highest BCUT2D eigenvalue weighted by Crippen LogP contribution is 2.31. The lowest BCUT2D eigenvalue weighted by atomic mass is 9.97. The summed E-state index contributed by atoms with van der Waals surface area (Å²) >= 11 is 0. The zero-order valence-electron chi connectivity index (χ0n) is 8.57. The number of nitrogens with zero attached hydrogens (tertiary/aromatic N) is 1. The average Bonchev–Trinajstić information content (AvgIpc) is 2.25. The molecule has 0 bridgehead atoms. The third-order valence-corrected chi connectivity index (χ3v) is 2.01. The molecule has 0 saturated heterocycles. The minimum absolute atomic E-state index is 0.0550. The monoisotopic (exact) mass is 243 g/mol. The van der Waals surface area contributed by atoms with Crippen LogP contribution >= 0.6 is 0 Å². The van der Waals surface area contributed by atoms with E-state index in [1.165, 1.54) is 18.2 Å². The van der Waals surface area contributed by atoms with Gasteiger partial charge in [0.15, 0.2) is 0 Å². The van der Waals surface area contributed by atoms with Crippen LogP contribution in [0.4, 0.5) is 13.2 Å². The van der Waals surface area contributed by atoms with Crippen LogP contribution in [-0.2, 0) is 4.79 Å². The summed E-state index contributed by atoms with van der Waals surface area (Å²) in [5, 5.41) is 8.79. The molecule has 0 saturated carbocycles. The van der Waals surface area contributed by atoms with Gasteiger partial charge in [-0.1, -0.05) is 18.2 Å². The first-order valence-corrected chi connectivity index (χ1v) is 4.66. The fourth-order valence-corrected chi connectivity index (χ4v) is 1.33. The quantitative estimate of drug-likeness (QED) is 0.764. The largest absolute Gasteiger partial charge is 0.573 e. The average molecular weight is 243 g/mol. The molecule has 0 aliphatic carbocycles. The lowest BCUT2D eigenvalue weighted by Crippen LogP contribution is -2.18. The van der Waals surface area contributed by atoms with Crippen LogP contribution in [0, 0.1) is 11.3 Å². The van der Waals surface area contributed by atoms with Crippen LogP contribution < -0.4 is 4.74 Å². The van der Waals surface area contributed by atoms with Gasteiger partial charge in [-0.3, -0.25) is 0 Å². The topological polar surface area (TPSA) is 50.1 Å². The smallest absolute Gasteiger partial charge is 0.405 e. The minimum Gasteiger partial charge on any atom is -0.405 e. The maximum Gasteiger partial charge on any atom is 0.573 e. The first kappa shape index (κ1) is 13.0. The molecule has 1 unspecified atom stereocenters. The van der Waals surface area contributed by atoms with Crippen LogP contribution in [-0.4, -0.2) is 12.6 Å². The van der Waals surface area contributed by atoms with Gasteiger partial charge in [0.05, 0.1) is 12.0 Å². The molecule has 1 atom stereocenters. The summed E-state index contributed by atoms with van der Waals surface area (Å²) < 4.78 is 40.1. The second kappa shape index (κ2) is 5.34. The molecule has 0 aliphatic heterocycles. The molecule has 3 nitrogen and oxygen atoms in total. The number of halogens is 3. The SMILES string of the molecule is N#CC(CC=O)c1ccccc1OC(F)(F)F. The summed E-state index contributed by atoms with van der Waals surface area (Å²) in [5.74, 6) is -1.39. The Bertz CT molecular complexity index is 437. The maximum atomic E-state index is 12.1. The fraction of sp³-hybridized carbons (Fsp3) is 0.273. The lowest BCUT2D eigenvalue weighted by molar-refractivity contribution is -0.274. The zero-order valence-corrected chi connectivity index (χ0v) is 8.57. The summed E-state index contributed by atoms with van der Waals surface area (Å²) in [6.45, 7) is 0. The Labute approximate surface area is 95.4 Å². The molecule has 1 aromatic rings. The van der Waals surface area contributed by atoms with Crippen molar-refractivity contribution in [1.82, 2.24) is 0 Å². The van der Waals surface area contributed by atoms with E-state index in [0.29, 0.717) is 6.29 Å². The van der Waals surface area contributed by atoms with Crippen LogP contribution in [0.25, 0.3) is 0 Å². The molecule has 1 aromatic carbocycles. The van der Waals surface area contributed by atoms with Gasteiger partial charge in [-0.2, -0.15) is 5.26 Å². The van der Waals surface area contributed by atoms with E-state index < -0.39 is 18.0 Å². The summed E-state index contributed by atoms with van der Waals surface area (Å²) in [7, 11) is 0. The number of nitriles is 1. The van der Waals surface area contributed by atoms with E-state index >= 15 is 0 Å². The van der Waals surface area contributed by atoms with Crippen molar-refractivity contribution in [2.45, 2.75) is 18.7 Å². The molecule has 0 spiro atoms. The highest BCUT2D eigenvalue weighted by atomic mass is 19.4. The van der Waals surface area contributed by atoms with Gasteiger partial charge in [0.1, 0.15) is 12.0 Å². The lowest BCUT2D eigenvalue weighted by Gasteiger charge is -2.14. The number of aldehydes is 1. The second-order valence-corrected chi connectivity index (χ2v) is 3.17. The molecule has 0 heterocycles.